The molecule has 0 aromatic heterocycles. The van der Waals surface area contributed by atoms with Crippen molar-refractivity contribution in [1.82, 2.24) is 0 Å². The van der Waals surface area contributed by atoms with Gasteiger partial charge in [0, 0.05) is 17.7 Å². The van der Waals surface area contributed by atoms with Crippen molar-refractivity contribution >= 4 is 5.91 Å². The third-order valence-corrected chi connectivity index (χ3v) is 3.24. The molecule has 4 heteroatoms. The van der Waals surface area contributed by atoms with E-state index in [9.17, 15) is 4.79 Å². The van der Waals surface area contributed by atoms with Crippen LogP contribution in [0, 0.1) is 0 Å². The fraction of sp³-hybridized carbons (Fsp3) is 0.235. The number of carbonyl (C=O) groups is 1. The van der Waals surface area contributed by atoms with Crippen LogP contribution in [0.2, 0.25) is 0 Å². The van der Waals surface area contributed by atoms with Crippen LogP contribution in [0.1, 0.15) is 29.3 Å². The van der Waals surface area contributed by atoms with E-state index in [4.69, 9.17) is 16.2 Å². The molecule has 21 heavy (non-hydrogen) atoms. The van der Waals surface area contributed by atoms with Gasteiger partial charge in [-0.05, 0) is 18.1 Å². The summed E-state index contributed by atoms with van der Waals surface area (Å²) in [6.45, 7) is 2.94. The minimum Gasteiger partial charge on any atom is -0.493 e. The van der Waals surface area contributed by atoms with Crippen molar-refractivity contribution in [3.05, 3.63) is 53.6 Å². The lowest BCUT2D eigenvalue weighted by Crippen LogP contribution is -2.15. The van der Waals surface area contributed by atoms with Gasteiger partial charge in [-0.15, -0.1) is 0 Å². The summed E-state index contributed by atoms with van der Waals surface area (Å²) in [4.78, 5) is 11.8. The first-order valence-electron chi connectivity index (χ1n) is 7.03. The zero-order valence-corrected chi connectivity index (χ0v) is 12.1. The van der Waals surface area contributed by atoms with Crippen molar-refractivity contribution in [2.75, 3.05) is 6.61 Å². The van der Waals surface area contributed by atoms with Crippen molar-refractivity contribution in [3.63, 3.8) is 0 Å². The van der Waals surface area contributed by atoms with Gasteiger partial charge >= 0.3 is 0 Å². The third-order valence-electron chi connectivity index (χ3n) is 3.24. The fourth-order valence-electron chi connectivity index (χ4n) is 2.25. The summed E-state index contributed by atoms with van der Waals surface area (Å²) in [5, 5.41) is 0. The van der Waals surface area contributed by atoms with Crippen LogP contribution in [0.15, 0.2) is 42.5 Å². The second kappa shape index (κ2) is 6.90. The normalized spacial score (nSPS) is 10.4. The van der Waals surface area contributed by atoms with Crippen LogP contribution in [0.5, 0.6) is 5.75 Å². The summed E-state index contributed by atoms with van der Waals surface area (Å²) in [7, 11) is 0. The number of nitrogens with two attached hydrogens (primary N) is 2. The van der Waals surface area contributed by atoms with E-state index in [1.165, 1.54) is 0 Å². The number of rotatable bonds is 6. The SMILES string of the molecule is CCCOc1c(CN)ccc(C(N)=O)c1-c1ccccc1. The summed E-state index contributed by atoms with van der Waals surface area (Å²) in [5.74, 6) is 0.181. The van der Waals surface area contributed by atoms with Gasteiger partial charge in [0.2, 0.25) is 5.91 Å². The van der Waals surface area contributed by atoms with Gasteiger partial charge in [0.1, 0.15) is 5.75 Å². The summed E-state index contributed by atoms with van der Waals surface area (Å²) in [6, 6.07) is 13.1. The Morgan fingerprint density at radius 1 is 1.14 bits per heavy atom. The summed E-state index contributed by atoms with van der Waals surface area (Å²) in [5.41, 5.74) is 14.2. The van der Waals surface area contributed by atoms with Gasteiger partial charge < -0.3 is 16.2 Å². The maximum Gasteiger partial charge on any atom is 0.249 e. The smallest absolute Gasteiger partial charge is 0.249 e. The molecule has 0 atom stereocenters. The summed E-state index contributed by atoms with van der Waals surface area (Å²) in [6.07, 6.45) is 0.874. The average molecular weight is 284 g/mol. The molecule has 0 heterocycles. The largest absolute Gasteiger partial charge is 0.493 e. The van der Waals surface area contributed by atoms with Crippen LogP contribution in [-0.2, 0) is 6.54 Å². The Bertz CT molecular complexity index is 624. The highest BCUT2D eigenvalue weighted by atomic mass is 16.5. The molecule has 0 aliphatic heterocycles. The van der Waals surface area contributed by atoms with Gasteiger partial charge in [-0.2, -0.15) is 0 Å². The Hall–Kier alpha value is -2.33. The Morgan fingerprint density at radius 3 is 2.43 bits per heavy atom. The number of hydrogen-bond donors (Lipinski definition) is 2. The third kappa shape index (κ3) is 3.23. The molecule has 4 N–H and O–H groups in total. The van der Waals surface area contributed by atoms with Crippen LogP contribution >= 0.6 is 0 Å². The zero-order chi connectivity index (χ0) is 15.2. The predicted octanol–water partition coefficient (Wildman–Crippen LogP) is 2.70. The number of ether oxygens (including phenoxy) is 1. The lowest BCUT2D eigenvalue weighted by Gasteiger charge is -2.17. The molecule has 4 nitrogen and oxygen atoms in total. The molecule has 2 aromatic rings. The van der Waals surface area contributed by atoms with E-state index >= 15 is 0 Å². The molecule has 0 radical (unpaired) electrons. The maximum absolute atomic E-state index is 11.8. The molecule has 2 rings (SSSR count). The monoisotopic (exact) mass is 284 g/mol. The maximum atomic E-state index is 11.8. The van der Waals surface area contributed by atoms with E-state index in [-0.39, 0.29) is 0 Å². The van der Waals surface area contributed by atoms with Gasteiger partial charge in [0.25, 0.3) is 0 Å². The highest BCUT2D eigenvalue weighted by molar-refractivity contribution is 6.01. The van der Waals surface area contributed by atoms with E-state index in [1.807, 2.05) is 37.3 Å². The van der Waals surface area contributed by atoms with Gasteiger partial charge in [0.15, 0.2) is 0 Å². The first kappa shape index (κ1) is 15.1. The quantitative estimate of drug-likeness (QED) is 0.856. The lowest BCUT2D eigenvalue weighted by atomic mass is 9.95. The van der Waals surface area contributed by atoms with Crippen LogP contribution in [0.25, 0.3) is 11.1 Å². The Balaban J connectivity index is 2.68. The van der Waals surface area contributed by atoms with E-state index in [2.05, 4.69) is 0 Å². The molecule has 0 fully saturated rings. The summed E-state index contributed by atoms with van der Waals surface area (Å²) < 4.78 is 5.87. The van der Waals surface area contributed by atoms with Gasteiger partial charge in [-0.1, -0.05) is 43.3 Å². The average Bonchev–Trinajstić information content (AvgIpc) is 2.52. The highest BCUT2D eigenvalue weighted by Crippen LogP contribution is 2.36. The van der Waals surface area contributed by atoms with E-state index in [1.54, 1.807) is 12.1 Å². The molecule has 0 spiro atoms. The standard InChI is InChI=1S/C17H20N2O2/c1-2-10-21-16-13(11-18)8-9-14(17(19)20)15(16)12-6-4-3-5-7-12/h3-9H,2,10-11,18H2,1H3,(H2,19,20). The Morgan fingerprint density at radius 2 is 1.86 bits per heavy atom. The molecule has 1 amide bonds. The van der Waals surface area contributed by atoms with E-state index < -0.39 is 5.91 Å². The first-order chi connectivity index (χ1) is 10.2. The molecule has 0 aliphatic carbocycles. The van der Waals surface area contributed by atoms with Crippen molar-refractivity contribution in [1.29, 1.82) is 0 Å². The second-order valence-electron chi connectivity index (χ2n) is 4.76. The molecule has 2 aromatic carbocycles. The van der Waals surface area contributed by atoms with Crippen LogP contribution in [0.3, 0.4) is 0 Å². The Labute approximate surface area is 124 Å². The number of amides is 1. The highest BCUT2D eigenvalue weighted by Gasteiger charge is 2.18. The lowest BCUT2D eigenvalue weighted by molar-refractivity contribution is 0.100. The Kier molecular flexibility index (Phi) is 4.95. The minimum absolute atomic E-state index is 0.345. The van der Waals surface area contributed by atoms with Crippen molar-refractivity contribution < 1.29 is 9.53 Å². The molecular weight excluding hydrogens is 264 g/mol. The topological polar surface area (TPSA) is 78.3 Å². The molecule has 110 valence electrons. The number of carbonyl (C=O) groups excluding carboxylic acids is 1. The van der Waals surface area contributed by atoms with Crippen molar-refractivity contribution in [2.45, 2.75) is 19.9 Å². The van der Waals surface area contributed by atoms with Gasteiger partial charge in [0.05, 0.1) is 12.2 Å². The number of primary amides is 1. The van der Waals surface area contributed by atoms with E-state index in [0.29, 0.717) is 24.5 Å². The fourth-order valence-corrected chi connectivity index (χ4v) is 2.25. The molecule has 0 bridgehead atoms. The molecule has 0 unspecified atom stereocenters. The van der Waals surface area contributed by atoms with Crippen LogP contribution in [0.4, 0.5) is 0 Å². The van der Waals surface area contributed by atoms with Gasteiger partial charge in [-0.25, -0.2) is 0 Å². The summed E-state index contributed by atoms with van der Waals surface area (Å²) >= 11 is 0. The molecule has 0 aliphatic rings. The number of benzene rings is 2. The predicted molar refractivity (Wildman–Crippen MR) is 84.1 cm³/mol. The first-order valence-corrected chi connectivity index (χ1v) is 7.03. The minimum atomic E-state index is -0.473. The van der Waals surface area contributed by atoms with Crippen LogP contribution < -0.4 is 16.2 Å². The second-order valence-corrected chi connectivity index (χ2v) is 4.76. The molecule has 0 saturated carbocycles. The van der Waals surface area contributed by atoms with Crippen molar-refractivity contribution in [3.8, 4) is 16.9 Å². The van der Waals surface area contributed by atoms with Crippen molar-refractivity contribution in [2.24, 2.45) is 11.5 Å². The molecular formula is C17H20N2O2. The van der Waals surface area contributed by atoms with Crippen LogP contribution in [-0.4, -0.2) is 12.5 Å². The number of hydrogen-bond acceptors (Lipinski definition) is 3. The van der Waals surface area contributed by atoms with Gasteiger partial charge in [-0.3, -0.25) is 4.79 Å². The van der Waals surface area contributed by atoms with E-state index in [0.717, 1.165) is 23.1 Å². The molecule has 0 saturated heterocycles. The zero-order valence-electron chi connectivity index (χ0n) is 12.1.